The second-order valence-electron chi connectivity index (χ2n) is 5.37. The lowest BCUT2D eigenvalue weighted by Crippen LogP contribution is -2.18. The molecule has 0 radical (unpaired) electrons. The van der Waals surface area contributed by atoms with Crippen LogP contribution in [0.15, 0.2) is 18.3 Å². The minimum Gasteiger partial charge on any atom is -0.303 e. The summed E-state index contributed by atoms with van der Waals surface area (Å²) in [6, 6.07) is 4.74. The summed E-state index contributed by atoms with van der Waals surface area (Å²) in [5.41, 5.74) is 2.56. The van der Waals surface area contributed by atoms with E-state index in [0.29, 0.717) is 6.04 Å². The first-order chi connectivity index (χ1) is 6.82. The van der Waals surface area contributed by atoms with Gasteiger partial charge in [0.05, 0.1) is 0 Å². The Morgan fingerprint density at radius 2 is 1.80 bits per heavy atom. The molecule has 1 unspecified atom stereocenters. The summed E-state index contributed by atoms with van der Waals surface area (Å²) in [5.74, 6) is 0. The molecule has 0 aromatic carbocycles. The van der Waals surface area contributed by atoms with Crippen molar-refractivity contribution in [3.05, 3.63) is 29.6 Å². The fourth-order valence-electron chi connectivity index (χ4n) is 1.39. The molecule has 0 aliphatic carbocycles. The van der Waals surface area contributed by atoms with E-state index in [9.17, 15) is 0 Å². The smallest absolute Gasteiger partial charge is 0.0457 e. The Balaban J connectivity index is 2.91. The van der Waals surface area contributed by atoms with E-state index in [2.05, 4.69) is 63.8 Å². The minimum absolute atomic E-state index is 0.139. The molecule has 0 fully saturated rings. The van der Waals surface area contributed by atoms with Crippen LogP contribution in [0.1, 0.15) is 45.0 Å². The third-order valence-electron chi connectivity index (χ3n) is 2.81. The maximum atomic E-state index is 4.53. The van der Waals surface area contributed by atoms with E-state index in [1.807, 2.05) is 6.20 Å². The Bertz CT molecular complexity index is 306. The standard InChI is InChI=1S/C13H22N2/c1-10(15(5)6)11-7-8-12(14-9-11)13(2,3)4/h7-10H,1-6H3. The zero-order valence-electron chi connectivity index (χ0n) is 10.7. The van der Waals surface area contributed by atoms with Gasteiger partial charge in [-0.15, -0.1) is 0 Å². The van der Waals surface area contributed by atoms with Gasteiger partial charge < -0.3 is 4.90 Å². The van der Waals surface area contributed by atoms with E-state index >= 15 is 0 Å². The molecule has 0 N–H and O–H groups in total. The molecule has 1 heterocycles. The molecule has 1 rings (SSSR count). The molecular weight excluding hydrogens is 184 g/mol. The van der Waals surface area contributed by atoms with Crippen LogP contribution in [-0.2, 0) is 5.41 Å². The van der Waals surface area contributed by atoms with Gasteiger partial charge in [0, 0.05) is 23.3 Å². The van der Waals surface area contributed by atoms with E-state index in [0.717, 1.165) is 5.69 Å². The Morgan fingerprint density at radius 1 is 1.20 bits per heavy atom. The van der Waals surface area contributed by atoms with Gasteiger partial charge in [0.2, 0.25) is 0 Å². The van der Waals surface area contributed by atoms with E-state index in [1.165, 1.54) is 5.56 Å². The van der Waals surface area contributed by atoms with Crippen molar-refractivity contribution in [2.75, 3.05) is 14.1 Å². The second-order valence-corrected chi connectivity index (χ2v) is 5.37. The number of pyridine rings is 1. The van der Waals surface area contributed by atoms with Gasteiger partial charge in [0.1, 0.15) is 0 Å². The normalized spacial score (nSPS) is 14.3. The third-order valence-corrected chi connectivity index (χ3v) is 2.81. The molecule has 2 heteroatoms. The maximum Gasteiger partial charge on any atom is 0.0457 e. The van der Waals surface area contributed by atoms with Gasteiger partial charge in [-0.1, -0.05) is 26.8 Å². The second kappa shape index (κ2) is 4.31. The third kappa shape index (κ3) is 3.03. The molecule has 15 heavy (non-hydrogen) atoms. The molecule has 1 aromatic rings. The molecule has 0 amide bonds. The van der Waals surface area contributed by atoms with Crippen LogP contribution in [0.3, 0.4) is 0 Å². The van der Waals surface area contributed by atoms with Crippen LogP contribution in [0.2, 0.25) is 0 Å². The predicted octanol–water partition coefficient (Wildman–Crippen LogP) is 3.00. The molecule has 0 spiro atoms. The van der Waals surface area contributed by atoms with Crippen molar-refractivity contribution in [3.8, 4) is 0 Å². The average Bonchev–Trinajstić information content (AvgIpc) is 2.15. The molecule has 0 aliphatic rings. The molecule has 1 atom stereocenters. The van der Waals surface area contributed by atoms with Gasteiger partial charge in [-0.2, -0.15) is 0 Å². The van der Waals surface area contributed by atoms with Gasteiger partial charge in [-0.25, -0.2) is 0 Å². The summed E-state index contributed by atoms with van der Waals surface area (Å²) in [6.45, 7) is 8.74. The zero-order valence-corrected chi connectivity index (χ0v) is 10.7. The number of rotatable bonds is 2. The Kier molecular flexibility index (Phi) is 3.50. The van der Waals surface area contributed by atoms with Crippen molar-refractivity contribution in [3.63, 3.8) is 0 Å². The van der Waals surface area contributed by atoms with Crippen LogP contribution in [0.25, 0.3) is 0 Å². The summed E-state index contributed by atoms with van der Waals surface area (Å²) in [4.78, 5) is 6.72. The van der Waals surface area contributed by atoms with Crippen molar-refractivity contribution < 1.29 is 0 Å². The van der Waals surface area contributed by atoms with Crippen LogP contribution in [0.4, 0.5) is 0 Å². The van der Waals surface area contributed by atoms with Crippen LogP contribution < -0.4 is 0 Å². The van der Waals surface area contributed by atoms with Crippen LogP contribution in [-0.4, -0.2) is 24.0 Å². The van der Waals surface area contributed by atoms with Crippen molar-refractivity contribution in [2.24, 2.45) is 0 Å². The lowest BCUT2D eigenvalue weighted by molar-refractivity contribution is 0.320. The number of nitrogens with zero attached hydrogens (tertiary/aromatic N) is 2. The lowest BCUT2D eigenvalue weighted by atomic mass is 9.91. The highest BCUT2D eigenvalue weighted by molar-refractivity contribution is 5.21. The van der Waals surface area contributed by atoms with Crippen LogP contribution in [0.5, 0.6) is 0 Å². The molecule has 84 valence electrons. The first kappa shape index (κ1) is 12.2. The van der Waals surface area contributed by atoms with Crippen LogP contribution in [0, 0.1) is 0 Å². The molecule has 0 aliphatic heterocycles. The molecule has 0 saturated heterocycles. The quantitative estimate of drug-likeness (QED) is 0.739. The van der Waals surface area contributed by atoms with Crippen molar-refractivity contribution in [1.82, 2.24) is 9.88 Å². The van der Waals surface area contributed by atoms with E-state index in [4.69, 9.17) is 0 Å². The Morgan fingerprint density at radius 3 is 2.13 bits per heavy atom. The van der Waals surface area contributed by atoms with E-state index in [-0.39, 0.29) is 5.41 Å². The number of hydrogen-bond acceptors (Lipinski definition) is 2. The SMILES string of the molecule is CC(c1ccc(C(C)(C)C)nc1)N(C)C. The zero-order chi connectivity index (χ0) is 11.6. The fraction of sp³-hybridized carbons (Fsp3) is 0.615. The summed E-state index contributed by atoms with van der Waals surface area (Å²) >= 11 is 0. The summed E-state index contributed by atoms with van der Waals surface area (Å²) in [6.07, 6.45) is 1.99. The van der Waals surface area contributed by atoms with Crippen molar-refractivity contribution in [1.29, 1.82) is 0 Å². The summed E-state index contributed by atoms with van der Waals surface area (Å²) < 4.78 is 0. The average molecular weight is 206 g/mol. The topological polar surface area (TPSA) is 16.1 Å². The predicted molar refractivity (Wildman–Crippen MR) is 65.0 cm³/mol. The molecule has 2 nitrogen and oxygen atoms in total. The van der Waals surface area contributed by atoms with Gasteiger partial charge in [-0.05, 0) is 32.6 Å². The first-order valence-electron chi connectivity index (χ1n) is 5.45. The lowest BCUT2D eigenvalue weighted by Gasteiger charge is -2.22. The largest absolute Gasteiger partial charge is 0.303 e. The molecule has 0 saturated carbocycles. The summed E-state index contributed by atoms with van der Waals surface area (Å²) in [5, 5.41) is 0. The molecular formula is C13H22N2. The van der Waals surface area contributed by atoms with Crippen molar-refractivity contribution in [2.45, 2.75) is 39.2 Å². The van der Waals surface area contributed by atoms with Gasteiger partial charge in [-0.3, -0.25) is 4.98 Å². The highest BCUT2D eigenvalue weighted by atomic mass is 15.1. The fourth-order valence-corrected chi connectivity index (χ4v) is 1.39. The van der Waals surface area contributed by atoms with Crippen LogP contribution >= 0.6 is 0 Å². The summed E-state index contributed by atoms with van der Waals surface area (Å²) in [7, 11) is 4.17. The number of aromatic nitrogens is 1. The van der Waals surface area contributed by atoms with E-state index < -0.39 is 0 Å². The molecule has 0 bridgehead atoms. The van der Waals surface area contributed by atoms with Gasteiger partial charge in [0.25, 0.3) is 0 Å². The Labute approximate surface area is 93.3 Å². The molecule has 1 aromatic heterocycles. The Hall–Kier alpha value is -0.890. The highest BCUT2D eigenvalue weighted by Gasteiger charge is 2.16. The van der Waals surface area contributed by atoms with Crippen molar-refractivity contribution >= 4 is 0 Å². The number of hydrogen-bond donors (Lipinski definition) is 0. The minimum atomic E-state index is 0.139. The first-order valence-corrected chi connectivity index (χ1v) is 5.45. The maximum absolute atomic E-state index is 4.53. The highest BCUT2D eigenvalue weighted by Crippen LogP contribution is 2.22. The van der Waals surface area contributed by atoms with E-state index in [1.54, 1.807) is 0 Å². The van der Waals surface area contributed by atoms with Gasteiger partial charge >= 0.3 is 0 Å². The monoisotopic (exact) mass is 206 g/mol. The van der Waals surface area contributed by atoms with Gasteiger partial charge in [0.15, 0.2) is 0 Å².